The van der Waals surface area contributed by atoms with Crippen LogP contribution in [-0.4, -0.2) is 52.7 Å². The molecule has 0 aliphatic carbocycles. The summed E-state index contributed by atoms with van der Waals surface area (Å²) in [4.78, 5) is 26.8. The van der Waals surface area contributed by atoms with Crippen molar-refractivity contribution in [2.24, 2.45) is 0 Å². The van der Waals surface area contributed by atoms with Crippen LogP contribution >= 0.6 is 12.2 Å². The van der Waals surface area contributed by atoms with Crippen LogP contribution in [0.5, 0.6) is 0 Å². The highest BCUT2D eigenvalue weighted by Crippen LogP contribution is 2.20. The van der Waals surface area contributed by atoms with Gasteiger partial charge in [0.05, 0.1) is 0 Å². The van der Waals surface area contributed by atoms with Crippen LogP contribution in [-0.2, 0) is 4.79 Å². The van der Waals surface area contributed by atoms with Crippen molar-refractivity contribution in [2.45, 2.75) is 38.4 Å². The zero-order chi connectivity index (χ0) is 13.3. The van der Waals surface area contributed by atoms with Crippen molar-refractivity contribution >= 4 is 29.3 Å². The smallest absolute Gasteiger partial charge is 0.325 e. The molecule has 6 nitrogen and oxygen atoms in total. The van der Waals surface area contributed by atoms with Crippen molar-refractivity contribution < 1.29 is 9.59 Å². The van der Waals surface area contributed by atoms with Crippen molar-refractivity contribution in [3.8, 4) is 0 Å². The van der Waals surface area contributed by atoms with E-state index >= 15 is 0 Å². The van der Waals surface area contributed by atoms with Crippen molar-refractivity contribution in [1.29, 1.82) is 0 Å². The van der Waals surface area contributed by atoms with E-state index in [9.17, 15) is 9.59 Å². The summed E-state index contributed by atoms with van der Waals surface area (Å²) in [5.41, 5.74) is 0. The third-order valence-corrected chi connectivity index (χ3v) is 3.76. The van der Waals surface area contributed by atoms with E-state index in [0.29, 0.717) is 5.11 Å². The van der Waals surface area contributed by atoms with Gasteiger partial charge in [-0.15, -0.1) is 0 Å². The van der Waals surface area contributed by atoms with E-state index in [-0.39, 0.29) is 18.1 Å². The minimum atomic E-state index is -0.406. The number of imide groups is 1. The van der Waals surface area contributed by atoms with Crippen LogP contribution in [0.3, 0.4) is 0 Å². The van der Waals surface area contributed by atoms with E-state index in [0.717, 1.165) is 25.8 Å². The van der Waals surface area contributed by atoms with Gasteiger partial charge in [-0.2, -0.15) is 0 Å². The van der Waals surface area contributed by atoms with Crippen molar-refractivity contribution in [2.75, 3.05) is 13.6 Å². The number of carbonyl (C=O) groups is 2. The van der Waals surface area contributed by atoms with Gasteiger partial charge in [0, 0.05) is 13.6 Å². The number of unbranched alkanes of at least 4 members (excludes halogenated alkanes) is 2. The summed E-state index contributed by atoms with van der Waals surface area (Å²) in [5, 5.41) is 5.95. The van der Waals surface area contributed by atoms with Gasteiger partial charge in [-0.25, -0.2) is 4.79 Å². The number of nitrogens with zero attached hydrogens (tertiary/aromatic N) is 2. The molecular weight excluding hydrogens is 252 g/mol. The van der Waals surface area contributed by atoms with Crippen molar-refractivity contribution in [3.05, 3.63) is 0 Å². The number of rotatable bonds is 4. The molecule has 100 valence electrons. The molecular formula is C11H18N4O2S. The van der Waals surface area contributed by atoms with Crippen LogP contribution in [0.4, 0.5) is 4.79 Å². The van der Waals surface area contributed by atoms with Gasteiger partial charge >= 0.3 is 6.03 Å². The zero-order valence-electron chi connectivity index (χ0n) is 10.6. The quantitative estimate of drug-likeness (QED) is 0.566. The van der Waals surface area contributed by atoms with Crippen molar-refractivity contribution in [1.82, 2.24) is 20.4 Å². The predicted molar refractivity (Wildman–Crippen MR) is 70.8 cm³/mol. The summed E-state index contributed by atoms with van der Waals surface area (Å²) in [6.45, 7) is 2.87. The van der Waals surface area contributed by atoms with Crippen LogP contribution in [0.25, 0.3) is 0 Å². The molecule has 7 heteroatoms. The second kappa shape index (κ2) is 5.09. The van der Waals surface area contributed by atoms with Gasteiger partial charge in [0.1, 0.15) is 12.2 Å². The molecule has 2 aliphatic rings. The number of amides is 3. The van der Waals surface area contributed by atoms with Crippen LogP contribution in [0.1, 0.15) is 26.2 Å². The number of carbonyl (C=O) groups excluding carboxylic acids is 2. The van der Waals surface area contributed by atoms with E-state index in [1.54, 1.807) is 7.05 Å². The molecule has 0 saturated carbocycles. The van der Waals surface area contributed by atoms with Crippen LogP contribution in [0.2, 0.25) is 0 Å². The van der Waals surface area contributed by atoms with Gasteiger partial charge in [-0.1, -0.05) is 19.8 Å². The van der Waals surface area contributed by atoms with Gasteiger partial charge in [-0.3, -0.25) is 10.1 Å². The fraction of sp³-hybridized carbons (Fsp3) is 0.727. The lowest BCUT2D eigenvalue weighted by atomic mass is 10.1. The molecule has 0 spiro atoms. The summed E-state index contributed by atoms with van der Waals surface area (Å²) < 4.78 is 0. The number of nitrogens with one attached hydrogen (secondary N) is 2. The lowest BCUT2D eigenvalue weighted by Gasteiger charge is -2.35. The normalized spacial score (nSPS) is 27.1. The number of fused-ring (bicyclic) bond motifs is 1. The van der Waals surface area contributed by atoms with Gasteiger partial charge in [0.25, 0.3) is 5.91 Å². The molecule has 2 aliphatic heterocycles. The Kier molecular flexibility index (Phi) is 3.70. The molecule has 2 saturated heterocycles. The molecule has 2 heterocycles. The minimum absolute atomic E-state index is 0.271. The summed E-state index contributed by atoms with van der Waals surface area (Å²) in [6.07, 6.45) is 2.87. The lowest BCUT2D eigenvalue weighted by molar-refractivity contribution is -0.127. The number of thiocarbonyl (C=S) groups is 1. The first-order valence-electron chi connectivity index (χ1n) is 6.21. The van der Waals surface area contributed by atoms with Gasteiger partial charge in [-0.05, 0) is 18.6 Å². The maximum absolute atomic E-state index is 11.9. The van der Waals surface area contributed by atoms with E-state index in [1.165, 1.54) is 4.90 Å². The summed E-state index contributed by atoms with van der Waals surface area (Å²) >= 11 is 5.25. The second-order valence-corrected chi connectivity index (χ2v) is 5.03. The average molecular weight is 270 g/mol. The highest BCUT2D eigenvalue weighted by Gasteiger charge is 2.48. The topological polar surface area (TPSA) is 64.7 Å². The molecule has 2 N–H and O–H groups in total. The van der Waals surface area contributed by atoms with Gasteiger partial charge in [0.2, 0.25) is 0 Å². The zero-order valence-corrected chi connectivity index (χ0v) is 11.4. The Hall–Kier alpha value is -1.37. The first kappa shape index (κ1) is 13.1. The van der Waals surface area contributed by atoms with Crippen LogP contribution in [0, 0.1) is 0 Å². The predicted octanol–water partition coefficient (Wildman–Crippen LogP) is 0.243. The minimum Gasteiger partial charge on any atom is -0.340 e. The average Bonchev–Trinajstić information content (AvgIpc) is 2.65. The SMILES string of the molecule is CCCCCN1C(=S)NC2C1C(=O)NC(=O)N2C. The fourth-order valence-electron chi connectivity index (χ4n) is 2.35. The maximum atomic E-state index is 11.9. The Morgan fingerprint density at radius 1 is 1.33 bits per heavy atom. The van der Waals surface area contributed by atoms with Gasteiger partial charge < -0.3 is 15.1 Å². The third kappa shape index (κ3) is 2.14. The standard InChI is InChI=1S/C11H18N4O2S/c1-3-4-5-6-15-7-8(12-11(15)18)14(2)10(17)13-9(7)16/h7-8H,3-6H2,1-2H3,(H,12,18)(H,13,16,17). The first-order valence-corrected chi connectivity index (χ1v) is 6.62. The molecule has 0 aromatic carbocycles. The van der Waals surface area contributed by atoms with Crippen LogP contribution < -0.4 is 10.6 Å². The van der Waals surface area contributed by atoms with Gasteiger partial charge in [0.15, 0.2) is 5.11 Å². The van der Waals surface area contributed by atoms with E-state index in [1.807, 2.05) is 4.90 Å². The molecule has 0 bridgehead atoms. The van der Waals surface area contributed by atoms with E-state index < -0.39 is 6.04 Å². The second-order valence-electron chi connectivity index (χ2n) is 4.64. The summed E-state index contributed by atoms with van der Waals surface area (Å²) in [6, 6.07) is -0.788. The molecule has 0 radical (unpaired) electrons. The summed E-state index contributed by atoms with van der Waals surface area (Å²) in [5.74, 6) is -0.271. The number of hydrogen-bond donors (Lipinski definition) is 2. The Morgan fingerprint density at radius 3 is 2.72 bits per heavy atom. The molecule has 0 aromatic rings. The Balaban J connectivity index is 2.11. The molecule has 18 heavy (non-hydrogen) atoms. The highest BCUT2D eigenvalue weighted by atomic mass is 32.1. The molecule has 2 rings (SSSR count). The largest absolute Gasteiger partial charge is 0.340 e. The highest BCUT2D eigenvalue weighted by molar-refractivity contribution is 7.80. The molecule has 0 aromatic heterocycles. The summed E-state index contributed by atoms with van der Waals surface area (Å²) in [7, 11) is 1.66. The number of likely N-dealkylation sites (N-methyl/N-ethyl adjacent to an activating group) is 1. The number of hydrogen-bond acceptors (Lipinski definition) is 3. The Bertz CT molecular complexity index is 387. The maximum Gasteiger partial charge on any atom is 0.325 e. The lowest BCUT2D eigenvalue weighted by Crippen LogP contribution is -2.64. The van der Waals surface area contributed by atoms with Crippen molar-refractivity contribution in [3.63, 3.8) is 0 Å². The molecule has 3 amide bonds. The van der Waals surface area contributed by atoms with E-state index in [2.05, 4.69) is 17.6 Å². The third-order valence-electron chi connectivity index (χ3n) is 3.41. The molecule has 2 atom stereocenters. The fourth-order valence-corrected chi connectivity index (χ4v) is 2.67. The monoisotopic (exact) mass is 270 g/mol. The molecule has 2 fully saturated rings. The number of urea groups is 1. The Labute approximate surface area is 112 Å². The van der Waals surface area contributed by atoms with E-state index in [4.69, 9.17) is 12.2 Å². The van der Waals surface area contributed by atoms with Crippen LogP contribution in [0.15, 0.2) is 0 Å². The first-order chi connectivity index (χ1) is 8.56. The molecule has 2 unspecified atom stereocenters. The Morgan fingerprint density at radius 2 is 2.06 bits per heavy atom.